The maximum absolute atomic E-state index is 12.4. The summed E-state index contributed by atoms with van der Waals surface area (Å²) in [6, 6.07) is 0. The summed E-state index contributed by atoms with van der Waals surface area (Å²) in [7, 11) is 0. The van der Waals surface area contributed by atoms with E-state index in [1.54, 1.807) is 0 Å². The number of esters is 4. The van der Waals surface area contributed by atoms with E-state index in [0.29, 0.717) is 0 Å². The molecule has 1 atom stereocenters. The van der Waals surface area contributed by atoms with E-state index in [0.717, 1.165) is 0 Å². The molecule has 0 amide bonds. The predicted molar refractivity (Wildman–Crippen MR) is 77.5 cm³/mol. The van der Waals surface area contributed by atoms with Crippen molar-refractivity contribution in [2.24, 2.45) is 11.3 Å². The minimum Gasteiger partial charge on any atom is -0.549 e. The van der Waals surface area contributed by atoms with Crippen LogP contribution in [0.2, 0.25) is 0 Å². The number of aliphatic carboxylic acids is 1. The van der Waals surface area contributed by atoms with Crippen LogP contribution in [0.25, 0.3) is 0 Å². The fourth-order valence-corrected chi connectivity index (χ4v) is 2.01. The Morgan fingerprint density at radius 3 is 1.27 bits per heavy atom. The molecule has 1 unspecified atom stereocenters. The van der Waals surface area contributed by atoms with Crippen LogP contribution in [0.15, 0.2) is 0 Å². The van der Waals surface area contributed by atoms with Gasteiger partial charge < -0.3 is 28.8 Å². The van der Waals surface area contributed by atoms with Crippen LogP contribution in [-0.4, -0.2) is 56.3 Å². The zero-order valence-corrected chi connectivity index (χ0v) is 17.5. The smallest absolute Gasteiger partial charge is 0.549 e. The Kier molecular flexibility index (Phi) is 12.9. The van der Waals surface area contributed by atoms with Gasteiger partial charge in [0.1, 0.15) is 5.92 Å². The molecule has 0 fully saturated rings. The number of carboxylic acids is 1. The van der Waals surface area contributed by atoms with Gasteiger partial charge in [-0.05, 0) is 27.7 Å². The van der Waals surface area contributed by atoms with Crippen LogP contribution in [0, 0.1) is 11.3 Å². The van der Waals surface area contributed by atoms with Gasteiger partial charge in [-0.2, -0.15) is 0 Å². The topological polar surface area (TPSA) is 145 Å². The van der Waals surface area contributed by atoms with Gasteiger partial charge in [-0.15, -0.1) is 0 Å². The van der Waals surface area contributed by atoms with Crippen LogP contribution in [0.4, 0.5) is 0 Å². The first-order valence-corrected chi connectivity index (χ1v) is 7.64. The van der Waals surface area contributed by atoms with E-state index in [1.165, 1.54) is 27.7 Å². The Morgan fingerprint density at radius 1 is 0.731 bits per heavy atom. The standard InChI is InChI=1S/C15H22O10.Na/c1-5-22-11(18)9(10(16)17)15(12(19)23-6-2,13(20)24-7-3)14(21)25-8-4;/h9H,5-8H2,1-4H3,(H,16,17);/q;+1/p-1. The Labute approximate surface area is 172 Å². The quantitative estimate of drug-likeness (QED) is 0.157. The van der Waals surface area contributed by atoms with Gasteiger partial charge in [0.25, 0.3) is 5.41 Å². The molecule has 10 nitrogen and oxygen atoms in total. The molecule has 0 saturated carbocycles. The van der Waals surface area contributed by atoms with Crippen molar-refractivity contribution in [2.45, 2.75) is 27.7 Å². The summed E-state index contributed by atoms with van der Waals surface area (Å²) in [4.78, 5) is 60.9. The fraction of sp³-hybridized carbons (Fsp3) is 0.667. The van der Waals surface area contributed by atoms with Crippen molar-refractivity contribution in [2.75, 3.05) is 26.4 Å². The van der Waals surface area contributed by atoms with E-state index < -0.39 is 41.2 Å². The van der Waals surface area contributed by atoms with Gasteiger partial charge in [-0.1, -0.05) is 0 Å². The van der Waals surface area contributed by atoms with Gasteiger partial charge in [-0.3, -0.25) is 19.2 Å². The summed E-state index contributed by atoms with van der Waals surface area (Å²) in [6.07, 6.45) is 0. The maximum Gasteiger partial charge on any atom is 1.00 e. The Morgan fingerprint density at radius 2 is 1.04 bits per heavy atom. The van der Waals surface area contributed by atoms with E-state index in [2.05, 4.69) is 18.9 Å². The van der Waals surface area contributed by atoms with E-state index in [4.69, 9.17) is 0 Å². The van der Waals surface area contributed by atoms with Crippen LogP contribution in [0.5, 0.6) is 0 Å². The fourth-order valence-electron chi connectivity index (χ4n) is 2.01. The first kappa shape index (κ1) is 26.6. The van der Waals surface area contributed by atoms with Crippen LogP contribution >= 0.6 is 0 Å². The number of carbonyl (C=O) groups is 5. The predicted octanol–water partition coefficient (Wildman–Crippen LogP) is -4.40. The van der Waals surface area contributed by atoms with Crippen molar-refractivity contribution in [3.8, 4) is 0 Å². The third-order valence-corrected chi connectivity index (χ3v) is 2.98. The molecule has 11 heteroatoms. The van der Waals surface area contributed by atoms with Gasteiger partial charge in [0.05, 0.1) is 32.4 Å². The molecule has 0 aromatic carbocycles. The second kappa shape index (κ2) is 12.7. The molecule has 0 heterocycles. The average molecular weight is 384 g/mol. The maximum atomic E-state index is 12.4. The first-order valence-electron chi connectivity index (χ1n) is 7.64. The first-order chi connectivity index (χ1) is 11.7. The minimum absolute atomic E-state index is 0. The average Bonchev–Trinajstić information content (AvgIpc) is 2.52. The monoisotopic (exact) mass is 384 g/mol. The van der Waals surface area contributed by atoms with E-state index in [1.807, 2.05) is 0 Å². The summed E-state index contributed by atoms with van der Waals surface area (Å²) < 4.78 is 18.6. The molecule has 142 valence electrons. The number of hydrogen-bond donors (Lipinski definition) is 0. The third-order valence-electron chi connectivity index (χ3n) is 2.98. The molecule has 0 rings (SSSR count). The summed E-state index contributed by atoms with van der Waals surface area (Å²) in [5.41, 5.74) is -3.23. The normalized spacial score (nSPS) is 11.4. The van der Waals surface area contributed by atoms with Gasteiger partial charge in [-0.25, -0.2) is 0 Å². The largest absolute Gasteiger partial charge is 1.00 e. The summed E-state index contributed by atoms with van der Waals surface area (Å²) in [5.74, 6) is -11.2. The molecule has 0 saturated heterocycles. The Bertz CT molecular complexity index is 485. The minimum atomic E-state index is -3.23. The number of hydrogen-bond acceptors (Lipinski definition) is 10. The molecule has 0 radical (unpaired) electrons. The summed E-state index contributed by atoms with van der Waals surface area (Å²) in [5, 5.41) is 11.6. The van der Waals surface area contributed by atoms with Crippen LogP contribution in [-0.2, 0) is 42.9 Å². The zero-order valence-electron chi connectivity index (χ0n) is 15.5. The molecule has 0 spiro atoms. The molecule has 0 bridgehead atoms. The Hall–Kier alpha value is -1.65. The van der Waals surface area contributed by atoms with E-state index >= 15 is 0 Å². The molecule has 0 N–H and O–H groups in total. The van der Waals surface area contributed by atoms with Gasteiger partial charge >= 0.3 is 53.4 Å². The molecule has 26 heavy (non-hydrogen) atoms. The van der Waals surface area contributed by atoms with Crippen LogP contribution in [0.3, 0.4) is 0 Å². The van der Waals surface area contributed by atoms with Gasteiger partial charge in [0, 0.05) is 0 Å². The second-order valence-electron chi connectivity index (χ2n) is 4.47. The molecule has 0 aliphatic rings. The second-order valence-corrected chi connectivity index (χ2v) is 4.47. The van der Waals surface area contributed by atoms with Gasteiger partial charge in [0.2, 0.25) is 0 Å². The molecular formula is C15H21NaO10. The van der Waals surface area contributed by atoms with Crippen molar-refractivity contribution in [1.29, 1.82) is 0 Å². The summed E-state index contributed by atoms with van der Waals surface area (Å²) in [6.45, 7) is 4.26. The number of carbonyl (C=O) groups excluding carboxylic acids is 5. The van der Waals surface area contributed by atoms with Gasteiger partial charge in [0.15, 0.2) is 0 Å². The molecule has 0 aliphatic carbocycles. The molecular weight excluding hydrogens is 363 g/mol. The summed E-state index contributed by atoms with van der Waals surface area (Å²) >= 11 is 0. The van der Waals surface area contributed by atoms with Crippen molar-refractivity contribution >= 4 is 29.8 Å². The van der Waals surface area contributed by atoms with Crippen molar-refractivity contribution in [1.82, 2.24) is 0 Å². The number of rotatable bonds is 10. The Balaban J connectivity index is 0. The molecule has 0 aliphatic heterocycles. The molecule has 0 aromatic rings. The van der Waals surface area contributed by atoms with E-state index in [9.17, 15) is 29.1 Å². The number of ether oxygens (including phenoxy) is 4. The number of carboxylic acid groups (broad SMARTS) is 1. The van der Waals surface area contributed by atoms with Crippen molar-refractivity contribution in [3.05, 3.63) is 0 Å². The van der Waals surface area contributed by atoms with Crippen molar-refractivity contribution < 1.29 is 77.6 Å². The van der Waals surface area contributed by atoms with Crippen LogP contribution < -0.4 is 34.7 Å². The third kappa shape index (κ3) is 5.68. The van der Waals surface area contributed by atoms with Crippen LogP contribution in [0.1, 0.15) is 27.7 Å². The SMILES string of the molecule is CCOC(=O)C(C(=O)[O-])C(C(=O)OCC)(C(=O)OCC)C(=O)OCC.[Na+]. The van der Waals surface area contributed by atoms with E-state index in [-0.39, 0.29) is 56.0 Å². The zero-order chi connectivity index (χ0) is 19.6. The molecule has 0 aromatic heterocycles. The van der Waals surface area contributed by atoms with Crippen molar-refractivity contribution in [3.63, 3.8) is 0 Å².